The van der Waals surface area contributed by atoms with Gasteiger partial charge in [-0.2, -0.15) is 0 Å². The van der Waals surface area contributed by atoms with Crippen molar-refractivity contribution < 1.29 is 4.39 Å². The highest BCUT2D eigenvalue weighted by Gasteiger charge is 2.20. The molecule has 0 amide bonds. The van der Waals surface area contributed by atoms with Crippen molar-refractivity contribution in [2.75, 3.05) is 24.5 Å². The van der Waals surface area contributed by atoms with Gasteiger partial charge in [0.25, 0.3) is 0 Å². The quantitative estimate of drug-likeness (QED) is 0.465. The van der Waals surface area contributed by atoms with Crippen molar-refractivity contribution in [1.82, 2.24) is 20.2 Å². The lowest BCUT2D eigenvalue weighted by Crippen LogP contribution is -2.48. The first kappa shape index (κ1) is 20.4. The van der Waals surface area contributed by atoms with Crippen LogP contribution < -0.4 is 15.5 Å². The number of hydrogen-bond donors (Lipinski definition) is 2. The number of rotatable bonds is 6. The van der Waals surface area contributed by atoms with Gasteiger partial charge < -0.3 is 20.1 Å². The predicted octanol–water partition coefficient (Wildman–Crippen LogP) is 3.80. The van der Waals surface area contributed by atoms with Crippen LogP contribution >= 0.6 is 11.3 Å². The number of halogens is 1. The van der Waals surface area contributed by atoms with Gasteiger partial charge in [-0.25, -0.2) is 14.4 Å². The lowest BCUT2D eigenvalue weighted by atomic mass is 10.1. The summed E-state index contributed by atoms with van der Waals surface area (Å²) < 4.78 is 16.1. The monoisotopic (exact) mass is 426 g/mol. The normalized spacial score (nSPS) is 15.4. The summed E-state index contributed by atoms with van der Waals surface area (Å²) in [4.78, 5) is 11.1. The molecule has 0 radical (unpaired) electrons. The van der Waals surface area contributed by atoms with Gasteiger partial charge in [-0.05, 0) is 55.0 Å². The largest absolute Gasteiger partial charge is 0.363 e. The maximum atomic E-state index is 14.5. The number of aliphatic imine (C=N–C) groups is 1. The molecular formula is C22H27FN6S. The fourth-order valence-corrected chi connectivity index (χ4v) is 4.42. The van der Waals surface area contributed by atoms with Gasteiger partial charge in [0.05, 0.1) is 23.6 Å². The molecule has 2 aromatic heterocycles. The van der Waals surface area contributed by atoms with E-state index < -0.39 is 0 Å². The van der Waals surface area contributed by atoms with Crippen LogP contribution in [0.4, 0.5) is 9.39 Å². The number of guanidine groups is 1. The van der Waals surface area contributed by atoms with Crippen molar-refractivity contribution in [2.45, 2.75) is 32.4 Å². The van der Waals surface area contributed by atoms with E-state index in [2.05, 4.69) is 49.9 Å². The second kappa shape index (κ2) is 9.75. The first-order valence-corrected chi connectivity index (χ1v) is 11.2. The van der Waals surface area contributed by atoms with Crippen LogP contribution in [-0.2, 0) is 6.54 Å². The van der Waals surface area contributed by atoms with Gasteiger partial charge in [0, 0.05) is 38.1 Å². The molecule has 1 aliphatic rings. The molecule has 0 saturated carbocycles. The van der Waals surface area contributed by atoms with Gasteiger partial charge in [-0.1, -0.05) is 6.07 Å². The fraction of sp³-hybridized carbons (Fsp3) is 0.364. The summed E-state index contributed by atoms with van der Waals surface area (Å²) in [5, 5.41) is 10.3. The maximum Gasteiger partial charge on any atom is 0.191 e. The van der Waals surface area contributed by atoms with Crippen molar-refractivity contribution in [3.63, 3.8) is 0 Å². The lowest BCUT2D eigenvalue weighted by molar-refractivity contribution is 0.463. The summed E-state index contributed by atoms with van der Waals surface area (Å²) in [6.07, 6.45) is 7.09. The zero-order valence-corrected chi connectivity index (χ0v) is 17.9. The van der Waals surface area contributed by atoms with E-state index in [4.69, 9.17) is 0 Å². The Balaban J connectivity index is 1.35. The molecule has 1 saturated heterocycles. The molecule has 4 rings (SSSR count). The Morgan fingerprint density at radius 2 is 2.17 bits per heavy atom. The summed E-state index contributed by atoms with van der Waals surface area (Å²) in [6.45, 7) is 5.34. The summed E-state index contributed by atoms with van der Waals surface area (Å²) in [5.74, 6) is 0.505. The van der Waals surface area contributed by atoms with Crippen LogP contribution in [0.1, 0.15) is 25.3 Å². The van der Waals surface area contributed by atoms with Gasteiger partial charge in [0.2, 0.25) is 0 Å². The van der Waals surface area contributed by atoms with Crippen LogP contribution in [0, 0.1) is 5.82 Å². The third-order valence-electron chi connectivity index (χ3n) is 5.21. The molecule has 0 spiro atoms. The third-order valence-corrected chi connectivity index (χ3v) is 6.14. The number of imidazole rings is 1. The smallest absolute Gasteiger partial charge is 0.191 e. The SMILES string of the molecule is CCNC(=NCc1ccc(-n2ccnc2)c(F)c1)NC1CCN(c2cccs2)CC1. The topological polar surface area (TPSA) is 57.5 Å². The van der Waals surface area contributed by atoms with Crippen LogP contribution in [0.5, 0.6) is 0 Å². The van der Waals surface area contributed by atoms with E-state index in [9.17, 15) is 4.39 Å². The number of anilines is 1. The van der Waals surface area contributed by atoms with E-state index in [1.807, 2.05) is 6.07 Å². The molecular weight excluding hydrogens is 399 g/mol. The molecule has 0 atom stereocenters. The summed E-state index contributed by atoms with van der Waals surface area (Å²) in [6, 6.07) is 9.89. The summed E-state index contributed by atoms with van der Waals surface area (Å²) in [7, 11) is 0. The van der Waals surface area contributed by atoms with Crippen LogP contribution in [-0.4, -0.2) is 41.2 Å². The van der Waals surface area contributed by atoms with E-state index in [-0.39, 0.29) is 5.82 Å². The lowest BCUT2D eigenvalue weighted by Gasteiger charge is -2.33. The van der Waals surface area contributed by atoms with Crippen molar-refractivity contribution in [2.24, 2.45) is 4.99 Å². The molecule has 3 heterocycles. The second-order valence-electron chi connectivity index (χ2n) is 7.31. The molecule has 1 aromatic carbocycles. The van der Waals surface area contributed by atoms with Crippen LogP contribution in [0.25, 0.3) is 5.69 Å². The second-order valence-corrected chi connectivity index (χ2v) is 8.23. The minimum atomic E-state index is -0.278. The molecule has 2 N–H and O–H groups in total. The van der Waals surface area contributed by atoms with Crippen LogP contribution in [0.3, 0.4) is 0 Å². The molecule has 6 nitrogen and oxygen atoms in total. The molecule has 0 unspecified atom stereocenters. The molecule has 30 heavy (non-hydrogen) atoms. The third kappa shape index (κ3) is 4.99. The van der Waals surface area contributed by atoms with Crippen LogP contribution in [0.2, 0.25) is 0 Å². The van der Waals surface area contributed by atoms with Gasteiger partial charge in [-0.15, -0.1) is 11.3 Å². The average Bonchev–Trinajstić information content (AvgIpc) is 3.47. The molecule has 1 aliphatic heterocycles. The van der Waals surface area contributed by atoms with Gasteiger partial charge in [0.15, 0.2) is 5.96 Å². The standard InChI is InChI=1S/C22H27FN6S/c1-2-25-22(27-18-7-10-28(11-8-18)21-4-3-13-30-21)26-15-17-5-6-20(19(23)14-17)29-12-9-24-16-29/h3-6,9,12-14,16,18H,2,7-8,10-11,15H2,1H3,(H2,25,26,27). The highest BCUT2D eigenvalue weighted by atomic mass is 32.1. The summed E-state index contributed by atoms with van der Waals surface area (Å²) in [5.41, 5.74) is 1.32. The zero-order valence-electron chi connectivity index (χ0n) is 17.1. The Hall–Kier alpha value is -2.87. The Kier molecular flexibility index (Phi) is 6.63. The van der Waals surface area contributed by atoms with Crippen molar-refractivity contribution >= 4 is 22.3 Å². The Morgan fingerprint density at radius 3 is 2.83 bits per heavy atom. The van der Waals surface area contributed by atoms with E-state index in [0.717, 1.165) is 44.0 Å². The van der Waals surface area contributed by atoms with Gasteiger partial charge in [0.1, 0.15) is 5.82 Å². The Labute approximate surface area is 180 Å². The molecule has 8 heteroatoms. The van der Waals surface area contributed by atoms with Gasteiger partial charge in [-0.3, -0.25) is 0 Å². The predicted molar refractivity (Wildman–Crippen MR) is 121 cm³/mol. The summed E-state index contributed by atoms with van der Waals surface area (Å²) >= 11 is 1.79. The Morgan fingerprint density at radius 1 is 1.30 bits per heavy atom. The minimum Gasteiger partial charge on any atom is -0.363 e. The molecule has 0 bridgehead atoms. The van der Waals surface area contributed by atoms with E-state index in [0.29, 0.717) is 18.3 Å². The number of piperidine rings is 1. The van der Waals surface area contributed by atoms with E-state index >= 15 is 0 Å². The molecule has 3 aromatic rings. The Bertz CT molecular complexity index is 946. The molecule has 1 fully saturated rings. The van der Waals surface area contributed by atoms with E-state index in [1.165, 1.54) is 5.00 Å². The number of thiophene rings is 1. The number of hydrogen-bond acceptors (Lipinski definition) is 4. The zero-order chi connectivity index (χ0) is 20.8. The van der Waals surface area contributed by atoms with Crippen LogP contribution in [0.15, 0.2) is 59.4 Å². The van der Waals surface area contributed by atoms with E-state index in [1.54, 1.807) is 46.8 Å². The number of benzene rings is 1. The van der Waals surface area contributed by atoms with Gasteiger partial charge >= 0.3 is 0 Å². The first-order chi connectivity index (χ1) is 14.7. The highest BCUT2D eigenvalue weighted by Crippen LogP contribution is 2.24. The number of nitrogens with one attached hydrogen (secondary N) is 2. The van der Waals surface area contributed by atoms with Crippen molar-refractivity contribution in [3.05, 3.63) is 65.8 Å². The van der Waals surface area contributed by atoms with Crippen molar-refractivity contribution in [1.29, 1.82) is 0 Å². The maximum absolute atomic E-state index is 14.5. The number of aromatic nitrogens is 2. The fourth-order valence-electron chi connectivity index (χ4n) is 3.64. The minimum absolute atomic E-state index is 0.278. The number of nitrogens with zero attached hydrogens (tertiary/aromatic N) is 4. The molecule has 158 valence electrons. The highest BCUT2D eigenvalue weighted by molar-refractivity contribution is 7.14. The first-order valence-electron chi connectivity index (χ1n) is 10.3. The molecule has 0 aliphatic carbocycles. The average molecular weight is 427 g/mol. The van der Waals surface area contributed by atoms with Crippen molar-refractivity contribution in [3.8, 4) is 5.69 Å².